The van der Waals surface area contributed by atoms with Crippen molar-refractivity contribution in [1.82, 2.24) is 0 Å². The molecule has 5 N–H and O–H groups in total. The third kappa shape index (κ3) is 1.79. The number of aliphatic hydroxyl groups excluding tert-OH is 4. The Labute approximate surface area is 72.8 Å². The summed E-state index contributed by atoms with van der Waals surface area (Å²) in [5.41, 5.74) is 0. The van der Waals surface area contributed by atoms with Gasteiger partial charge in [-0.05, 0) is 0 Å². The SMILES string of the molecule is O=C(O)[C@@H](O)[C@H]1OC(O)[C@H](O)[C@H]1O. The van der Waals surface area contributed by atoms with Crippen molar-refractivity contribution in [3.8, 4) is 0 Å². The molecule has 1 rings (SSSR count). The van der Waals surface area contributed by atoms with Crippen LogP contribution in [-0.4, -0.2) is 62.2 Å². The molecule has 5 atom stereocenters. The summed E-state index contributed by atoms with van der Waals surface area (Å²) in [5.74, 6) is -1.59. The Bertz CT molecular complexity index is 205. The van der Waals surface area contributed by atoms with E-state index in [1.54, 1.807) is 0 Å². The van der Waals surface area contributed by atoms with Gasteiger partial charge in [0.15, 0.2) is 12.4 Å². The number of ether oxygens (including phenoxy) is 1. The predicted octanol–water partition coefficient (Wildman–Crippen LogP) is -3.13. The summed E-state index contributed by atoms with van der Waals surface area (Å²) in [6.07, 6.45) is -8.36. The molecule has 0 aliphatic carbocycles. The highest BCUT2D eigenvalue weighted by atomic mass is 16.6. The largest absolute Gasteiger partial charge is 0.479 e. The lowest BCUT2D eigenvalue weighted by atomic mass is 10.1. The summed E-state index contributed by atoms with van der Waals surface area (Å²) in [6, 6.07) is 0. The van der Waals surface area contributed by atoms with Gasteiger partial charge in [-0.2, -0.15) is 0 Å². The molecule has 1 unspecified atom stereocenters. The van der Waals surface area contributed by atoms with E-state index in [1.807, 2.05) is 0 Å². The summed E-state index contributed by atoms with van der Waals surface area (Å²) in [5, 5.41) is 44.1. The molecular weight excluding hydrogens is 184 g/mol. The monoisotopic (exact) mass is 194 g/mol. The van der Waals surface area contributed by atoms with Gasteiger partial charge in [-0.15, -0.1) is 0 Å². The van der Waals surface area contributed by atoms with Crippen LogP contribution in [0.3, 0.4) is 0 Å². The lowest BCUT2D eigenvalue weighted by molar-refractivity contribution is -0.170. The van der Waals surface area contributed by atoms with E-state index >= 15 is 0 Å². The minimum absolute atomic E-state index is 1.51. The highest BCUT2D eigenvalue weighted by Crippen LogP contribution is 2.22. The normalized spacial score (nSPS) is 41.8. The first-order chi connectivity index (χ1) is 5.95. The van der Waals surface area contributed by atoms with Gasteiger partial charge in [0.25, 0.3) is 0 Å². The first-order valence-corrected chi connectivity index (χ1v) is 3.55. The Morgan fingerprint density at radius 3 is 2.08 bits per heavy atom. The van der Waals surface area contributed by atoms with Crippen molar-refractivity contribution in [3.05, 3.63) is 0 Å². The van der Waals surface area contributed by atoms with Crippen molar-refractivity contribution in [2.24, 2.45) is 0 Å². The van der Waals surface area contributed by atoms with Crippen molar-refractivity contribution < 1.29 is 35.1 Å². The Hall–Kier alpha value is -0.730. The van der Waals surface area contributed by atoms with Crippen LogP contribution in [-0.2, 0) is 9.53 Å². The van der Waals surface area contributed by atoms with Crippen LogP contribution in [0.25, 0.3) is 0 Å². The second-order valence-corrected chi connectivity index (χ2v) is 2.76. The molecule has 0 radical (unpaired) electrons. The number of carboxylic acid groups (broad SMARTS) is 1. The summed E-state index contributed by atoms with van der Waals surface area (Å²) < 4.78 is 4.43. The molecule has 1 heterocycles. The van der Waals surface area contributed by atoms with Crippen molar-refractivity contribution in [1.29, 1.82) is 0 Å². The second-order valence-electron chi connectivity index (χ2n) is 2.76. The van der Waals surface area contributed by atoms with Crippen molar-refractivity contribution in [3.63, 3.8) is 0 Å². The maximum atomic E-state index is 10.2. The fourth-order valence-electron chi connectivity index (χ4n) is 1.09. The third-order valence-electron chi connectivity index (χ3n) is 1.84. The number of rotatable bonds is 2. The molecule has 0 aromatic heterocycles. The van der Waals surface area contributed by atoms with Crippen LogP contribution in [0.15, 0.2) is 0 Å². The smallest absolute Gasteiger partial charge is 0.335 e. The van der Waals surface area contributed by atoms with Crippen molar-refractivity contribution >= 4 is 5.97 Å². The van der Waals surface area contributed by atoms with Crippen LogP contribution in [0.2, 0.25) is 0 Å². The molecule has 0 aromatic rings. The average Bonchev–Trinajstić information content (AvgIpc) is 2.31. The van der Waals surface area contributed by atoms with E-state index in [0.717, 1.165) is 0 Å². The van der Waals surface area contributed by atoms with Crippen LogP contribution in [0.4, 0.5) is 0 Å². The fourth-order valence-corrected chi connectivity index (χ4v) is 1.09. The average molecular weight is 194 g/mol. The fraction of sp³-hybridized carbons (Fsp3) is 0.833. The Morgan fingerprint density at radius 2 is 1.77 bits per heavy atom. The molecule has 7 heteroatoms. The van der Waals surface area contributed by atoms with E-state index in [2.05, 4.69) is 4.74 Å². The molecule has 1 aliphatic rings. The highest BCUT2D eigenvalue weighted by molar-refractivity contribution is 5.72. The molecule has 1 saturated heterocycles. The van der Waals surface area contributed by atoms with Crippen LogP contribution < -0.4 is 0 Å². The van der Waals surface area contributed by atoms with Gasteiger partial charge in [0, 0.05) is 0 Å². The zero-order valence-corrected chi connectivity index (χ0v) is 6.44. The number of carbonyl (C=O) groups is 1. The zero-order chi connectivity index (χ0) is 10.2. The number of aliphatic carboxylic acids is 1. The predicted molar refractivity (Wildman–Crippen MR) is 36.5 cm³/mol. The molecule has 1 aliphatic heterocycles. The van der Waals surface area contributed by atoms with E-state index in [4.69, 9.17) is 25.5 Å². The Morgan fingerprint density at radius 1 is 1.23 bits per heavy atom. The van der Waals surface area contributed by atoms with Gasteiger partial charge in [0.1, 0.15) is 18.3 Å². The topological polar surface area (TPSA) is 127 Å². The summed E-state index contributed by atoms with van der Waals surface area (Å²) in [7, 11) is 0. The molecule has 0 spiro atoms. The highest BCUT2D eigenvalue weighted by Gasteiger charge is 2.47. The molecule has 1 fully saturated rings. The summed E-state index contributed by atoms with van der Waals surface area (Å²) in [6.45, 7) is 0. The van der Waals surface area contributed by atoms with Gasteiger partial charge in [-0.25, -0.2) is 4.79 Å². The van der Waals surface area contributed by atoms with Gasteiger partial charge in [0.2, 0.25) is 0 Å². The number of carboxylic acids is 1. The molecule has 0 bridgehead atoms. The standard InChI is InChI=1S/C6H10O7/c7-1-2(8)6(12)13-4(1)3(9)5(10)11/h1-4,6-9,12H,(H,10,11)/t1-,2-,3+,4+,6?/m1/s1. The van der Waals surface area contributed by atoms with Crippen molar-refractivity contribution in [2.45, 2.75) is 30.7 Å². The van der Waals surface area contributed by atoms with E-state index in [-0.39, 0.29) is 0 Å². The molecule has 0 aromatic carbocycles. The van der Waals surface area contributed by atoms with Gasteiger partial charge < -0.3 is 30.3 Å². The van der Waals surface area contributed by atoms with E-state index in [0.29, 0.717) is 0 Å². The van der Waals surface area contributed by atoms with Gasteiger partial charge in [0.05, 0.1) is 0 Å². The summed E-state index contributed by atoms with van der Waals surface area (Å²) in [4.78, 5) is 10.2. The number of aliphatic hydroxyl groups is 4. The molecule has 13 heavy (non-hydrogen) atoms. The van der Waals surface area contributed by atoms with Crippen LogP contribution in [0.1, 0.15) is 0 Å². The second kappa shape index (κ2) is 3.56. The van der Waals surface area contributed by atoms with Gasteiger partial charge in [-0.1, -0.05) is 0 Å². The molecule has 0 amide bonds. The molecule has 7 nitrogen and oxygen atoms in total. The number of hydrogen-bond acceptors (Lipinski definition) is 6. The van der Waals surface area contributed by atoms with Gasteiger partial charge in [-0.3, -0.25) is 0 Å². The first kappa shape index (κ1) is 10.4. The maximum absolute atomic E-state index is 10.2. The Kier molecular flexibility index (Phi) is 2.84. The van der Waals surface area contributed by atoms with Crippen LogP contribution in [0.5, 0.6) is 0 Å². The lowest BCUT2D eigenvalue weighted by Gasteiger charge is -2.16. The summed E-state index contributed by atoms with van der Waals surface area (Å²) >= 11 is 0. The van der Waals surface area contributed by atoms with Gasteiger partial charge >= 0.3 is 5.97 Å². The molecular formula is C6H10O7. The molecule has 0 saturated carbocycles. The number of hydrogen-bond donors (Lipinski definition) is 5. The van der Waals surface area contributed by atoms with Crippen LogP contribution in [0, 0.1) is 0 Å². The maximum Gasteiger partial charge on any atom is 0.335 e. The lowest BCUT2D eigenvalue weighted by Crippen LogP contribution is -2.42. The molecule has 76 valence electrons. The Balaban J connectivity index is 2.68. The van der Waals surface area contributed by atoms with Crippen molar-refractivity contribution in [2.75, 3.05) is 0 Å². The van der Waals surface area contributed by atoms with Crippen LogP contribution >= 0.6 is 0 Å². The van der Waals surface area contributed by atoms with E-state index in [9.17, 15) is 4.79 Å². The third-order valence-corrected chi connectivity index (χ3v) is 1.84. The van der Waals surface area contributed by atoms with E-state index < -0.39 is 36.7 Å². The quantitative estimate of drug-likeness (QED) is 0.314. The minimum Gasteiger partial charge on any atom is -0.479 e. The first-order valence-electron chi connectivity index (χ1n) is 3.55. The minimum atomic E-state index is -1.97. The van der Waals surface area contributed by atoms with E-state index in [1.165, 1.54) is 0 Å². The zero-order valence-electron chi connectivity index (χ0n) is 6.44.